The van der Waals surface area contributed by atoms with Crippen molar-refractivity contribution in [1.29, 1.82) is 0 Å². The van der Waals surface area contributed by atoms with Crippen molar-refractivity contribution in [2.45, 2.75) is 32.6 Å². The van der Waals surface area contributed by atoms with Crippen molar-refractivity contribution >= 4 is 44.7 Å². The molecule has 5 rings (SSSR count). The summed E-state index contributed by atoms with van der Waals surface area (Å²) in [5.74, 6) is 3.78. The summed E-state index contributed by atoms with van der Waals surface area (Å²) < 4.78 is 28.1. The lowest BCUT2D eigenvalue weighted by Gasteiger charge is -2.17. The molecule has 0 spiro atoms. The number of anilines is 1. The minimum absolute atomic E-state index is 0.00902. The number of imide groups is 1. The molecule has 0 fully saturated rings. The van der Waals surface area contributed by atoms with Gasteiger partial charge >= 0.3 is 0 Å². The quantitative estimate of drug-likeness (QED) is 0.282. The lowest BCUT2D eigenvalue weighted by Crippen LogP contribution is -2.30. The van der Waals surface area contributed by atoms with Gasteiger partial charge in [0.2, 0.25) is 11.9 Å². The SMILES string of the molecule is Cc1ccc(S(=O)(=O)n2cc(C#CCN3C(=O)c4ccccc4C3=O)c3c(=O)[nH]c(NC(=O)C(C)(C)C)nc32)cc1. The van der Waals surface area contributed by atoms with Crippen molar-refractivity contribution < 1.29 is 22.8 Å². The number of hydrogen-bond donors (Lipinski definition) is 2. The van der Waals surface area contributed by atoms with Gasteiger partial charge in [-0.1, -0.05) is 62.4 Å². The number of rotatable bonds is 4. The summed E-state index contributed by atoms with van der Waals surface area (Å²) in [6.07, 6.45) is 1.16. The van der Waals surface area contributed by atoms with Crippen molar-refractivity contribution in [1.82, 2.24) is 18.8 Å². The Morgan fingerprint density at radius 1 is 1.00 bits per heavy atom. The number of nitrogens with one attached hydrogen (secondary N) is 2. The maximum Gasteiger partial charge on any atom is 0.269 e. The van der Waals surface area contributed by atoms with Gasteiger partial charge in [0.15, 0.2) is 5.65 Å². The first-order chi connectivity index (χ1) is 19.3. The van der Waals surface area contributed by atoms with Crippen molar-refractivity contribution in [3.63, 3.8) is 0 Å². The molecule has 0 unspecified atom stereocenters. The molecular formula is C29H25N5O6S. The standard InChI is InChI=1S/C29H25N5O6S/c1-17-11-13-19(14-12-17)41(39,40)34-16-18(8-7-15-33-25(36)20-9-5-6-10-21(20)26(33)37)22-23(34)30-28(31-24(22)35)32-27(38)29(2,3)4/h5-6,9-14,16H,15H2,1-4H3,(H2,30,31,32,35,38). The van der Waals surface area contributed by atoms with Crippen molar-refractivity contribution in [3.05, 3.63) is 87.3 Å². The third-order valence-corrected chi connectivity index (χ3v) is 8.12. The van der Waals surface area contributed by atoms with Crippen LogP contribution in [0.15, 0.2) is 64.4 Å². The maximum atomic E-state index is 13.6. The highest BCUT2D eigenvalue weighted by Crippen LogP contribution is 2.25. The number of nitrogens with zero attached hydrogens (tertiary/aromatic N) is 3. The number of amides is 3. The van der Waals surface area contributed by atoms with Gasteiger partial charge < -0.3 is 0 Å². The van der Waals surface area contributed by atoms with E-state index in [-0.39, 0.29) is 45.1 Å². The highest BCUT2D eigenvalue weighted by atomic mass is 32.2. The fraction of sp³-hybridized carbons (Fsp3) is 0.207. The van der Waals surface area contributed by atoms with Crippen LogP contribution in [0.25, 0.3) is 11.0 Å². The molecule has 0 bridgehead atoms. The number of fused-ring (bicyclic) bond motifs is 2. The molecule has 0 saturated carbocycles. The molecule has 2 aromatic carbocycles. The first-order valence-corrected chi connectivity index (χ1v) is 14.0. The maximum absolute atomic E-state index is 13.6. The van der Waals surface area contributed by atoms with E-state index in [2.05, 4.69) is 27.1 Å². The summed E-state index contributed by atoms with van der Waals surface area (Å²) in [5, 5.41) is 2.38. The minimum atomic E-state index is -4.24. The predicted molar refractivity (Wildman–Crippen MR) is 151 cm³/mol. The molecule has 0 aliphatic carbocycles. The van der Waals surface area contributed by atoms with E-state index in [1.165, 1.54) is 12.1 Å². The highest BCUT2D eigenvalue weighted by Gasteiger charge is 2.34. The van der Waals surface area contributed by atoms with Crippen LogP contribution in [0.1, 0.15) is 52.6 Å². The summed E-state index contributed by atoms with van der Waals surface area (Å²) >= 11 is 0. The molecule has 208 valence electrons. The summed E-state index contributed by atoms with van der Waals surface area (Å²) in [5.41, 5.74) is -0.399. The lowest BCUT2D eigenvalue weighted by atomic mass is 9.96. The topological polar surface area (TPSA) is 151 Å². The van der Waals surface area contributed by atoms with Gasteiger partial charge in [-0.25, -0.2) is 12.4 Å². The van der Waals surface area contributed by atoms with Gasteiger partial charge in [0.25, 0.3) is 27.4 Å². The van der Waals surface area contributed by atoms with Gasteiger partial charge in [-0.15, -0.1) is 0 Å². The molecule has 12 heteroatoms. The molecular weight excluding hydrogens is 546 g/mol. The zero-order chi connectivity index (χ0) is 29.7. The average Bonchev–Trinajstić information content (AvgIpc) is 3.40. The average molecular weight is 572 g/mol. The van der Waals surface area contributed by atoms with Crippen LogP contribution in [0, 0.1) is 24.2 Å². The Hall–Kier alpha value is -5.02. The van der Waals surface area contributed by atoms with Gasteiger partial charge in [-0.05, 0) is 31.2 Å². The third-order valence-electron chi connectivity index (χ3n) is 6.45. The second-order valence-corrected chi connectivity index (χ2v) is 12.3. The number of H-pyrrole nitrogens is 1. The Morgan fingerprint density at radius 2 is 1.61 bits per heavy atom. The van der Waals surface area contributed by atoms with Crippen molar-refractivity contribution in [2.24, 2.45) is 5.41 Å². The van der Waals surface area contributed by atoms with Crippen LogP contribution < -0.4 is 10.9 Å². The Morgan fingerprint density at radius 3 is 2.20 bits per heavy atom. The fourth-order valence-electron chi connectivity index (χ4n) is 4.16. The fourth-order valence-corrected chi connectivity index (χ4v) is 5.47. The van der Waals surface area contributed by atoms with E-state index in [0.717, 1.165) is 20.6 Å². The smallest absolute Gasteiger partial charge is 0.269 e. The first kappa shape index (κ1) is 27.5. The molecule has 1 aliphatic heterocycles. The molecule has 2 aromatic heterocycles. The second kappa shape index (κ2) is 9.87. The molecule has 3 heterocycles. The van der Waals surface area contributed by atoms with Gasteiger partial charge in [0, 0.05) is 11.6 Å². The van der Waals surface area contributed by atoms with Crippen LogP contribution in [0.5, 0.6) is 0 Å². The Bertz CT molecular complexity index is 1950. The highest BCUT2D eigenvalue weighted by molar-refractivity contribution is 7.90. The minimum Gasteiger partial charge on any atom is -0.296 e. The van der Waals surface area contributed by atoms with E-state index in [4.69, 9.17) is 0 Å². The molecule has 1 aliphatic rings. The molecule has 0 radical (unpaired) electrons. The normalized spacial score (nSPS) is 13.2. The molecule has 2 N–H and O–H groups in total. The number of aromatic nitrogens is 3. The zero-order valence-corrected chi connectivity index (χ0v) is 23.4. The largest absolute Gasteiger partial charge is 0.296 e. The van der Waals surface area contributed by atoms with E-state index in [1.54, 1.807) is 57.2 Å². The number of hydrogen-bond acceptors (Lipinski definition) is 7. The van der Waals surface area contributed by atoms with E-state index in [9.17, 15) is 27.6 Å². The van der Waals surface area contributed by atoms with Crippen LogP contribution in [-0.4, -0.2) is 51.5 Å². The second-order valence-electron chi connectivity index (χ2n) is 10.5. The molecule has 11 nitrogen and oxygen atoms in total. The van der Waals surface area contributed by atoms with E-state index in [0.29, 0.717) is 0 Å². The third kappa shape index (κ3) is 4.92. The van der Waals surface area contributed by atoms with Gasteiger partial charge in [-0.3, -0.25) is 34.4 Å². The zero-order valence-electron chi connectivity index (χ0n) is 22.6. The van der Waals surface area contributed by atoms with Crippen LogP contribution in [0.2, 0.25) is 0 Å². The monoisotopic (exact) mass is 571 g/mol. The van der Waals surface area contributed by atoms with E-state index < -0.39 is 38.7 Å². The van der Waals surface area contributed by atoms with Gasteiger partial charge in [0.05, 0.1) is 28.1 Å². The van der Waals surface area contributed by atoms with E-state index >= 15 is 0 Å². The van der Waals surface area contributed by atoms with Gasteiger partial charge in [0.1, 0.15) is 5.39 Å². The molecule has 0 saturated heterocycles. The van der Waals surface area contributed by atoms with Crippen LogP contribution in [0.4, 0.5) is 5.95 Å². The molecule has 4 aromatic rings. The summed E-state index contributed by atoms with van der Waals surface area (Å²) in [7, 11) is -4.24. The van der Waals surface area contributed by atoms with Crippen LogP contribution >= 0.6 is 0 Å². The van der Waals surface area contributed by atoms with E-state index in [1.807, 2.05) is 6.92 Å². The Labute approximate surface area is 235 Å². The molecule has 41 heavy (non-hydrogen) atoms. The van der Waals surface area contributed by atoms with Crippen LogP contribution in [-0.2, 0) is 14.8 Å². The summed E-state index contributed by atoms with van der Waals surface area (Å²) in [6, 6.07) is 12.5. The number of benzene rings is 2. The number of aryl methyl sites for hydroxylation is 1. The van der Waals surface area contributed by atoms with Gasteiger partial charge in [-0.2, -0.15) is 4.98 Å². The first-order valence-electron chi connectivity index (χ1n) is 12.5. The Balaban J connectivity index is 1.60. The number of aromatic amines is 1. The number of carbonyl (C=O) groups is 3. The van der Waals surface area contributed by atoms with Crippen LogP contribution in [0.3, 0.4) is 0 Å². The number of carbonyl (C=O) groups excluding carboxylic acids is 3. The molecule has 3 amide bonds. The van der Waals surface area contributed by atoms with Crippen molar-refractivity contribution in [2.75, 3.05) is 11.9 Å². The predicted octanol–water partition coefficient (Wildman–Crippen LogP) is 2.90. The molecule has 0 atom stereocenters. The summed E-state index contributed by atoms with van der Waals surface area (Å²) in [6.45, 7) is 6.55. The Kier molecular flexibility index (Phi) is 6.63. The summed E-state index contributed by atoms with van der Waals surface area (Å²) in [4.78, 5) is 58.8. The lowest BCUT2D eigenvalue weighted by molar-refractivity contribution is -0.123. The van der Waals surface area contributed by atoms with Crippen molar-refractivity contribution in [3.8, 4) is 11.8 Å².